The first-order valence-corrected chi connectivity index (χ1v) is 5.15. The van der Waals surface area contributed by atoms with Crippen LogP contribution in [0.2, 0.25) is 0 Å². The summed E-state index contributed by atoms with van der Waals surface area (Å²) < 4.78 is 0. The number of aryl methyl sites for hydroxylation is 1. The Morgan fingerprint density at radius 1 is 1.44 bits per heavy atom. The highest BCUT2D eigenvalue weighted by molar-refractivity contribution is 5.74. The number of hydrogen-bond acceptors (Lipinski definition) is 3. The minimum absolute atomic E-state index is 0.308. The van der Waals surface area contributed by atoms with Crippen molar-refractivity contribution >= 4 is 5.97 Å². The van der Waals surface area contributed by atoms with Crippen molar-refractivity contribution in [1.82, 2.24) is 4.90 Å². The fraction of sp³-hybridized carbons (Fsp3) is 0.417. The summed E-state index contributed by atoms with van der Waals surface area (Å²) in [6.07, 6.45) is 0. The van der Waals surface area contributed by atoms with Crippen LogP contribution in [0.4, 0.5) is 0 Å². The van der Waals surface area contributed by atoms with Crippen molar-refractivity contribution in [3.63, 3.8) is 0 Å². The number of likely N-dealkylation sites (N-methyl/N-ethyl adjacent to an activating group) is 1. The molecule has 4 heteroatoms. The minimum Gasteiger partial charge on any atom is -0.480 e. The maximum absolute atomic E-state index is 11.0. The zero-order chi connectivity index (χ0) is 12.3. The van der Waals surface area contributed by atoms with Crippen LogP contribution < -0.4 is 5.73 Å². The standard InChI is InChI=1S/C12H18N2O2/c1-8-5-4-6-9(7-8)11(14(2)3)10(13)12(15)16/h4-7,10-11H,13H2,1-3H3,(H,15,16). The van der Waals surface area contributed by atoms with E-state index in [-0.39, 0.29) is 6.04 Å². The third-order valence-electron chi connectivity index (χ3n) is 2.57. The van der Waals surface area contributed by atoms with Crippen molar-refractivity contribution in [3.05, 3.63) is 35.4 Å². The van der Waals surface area contributed by atoms with E-state index >= 15 is 0 Å². The second-order valence-electron chi connectivity index (χ2n) is 4.19. The molecule has 0 spiro atoms. The second-order valence-corrected chi connectivity index (χ2v) is 4.19. The molecule has 2 atom stereocenters. The smallest absolute Gasteiger partial charge is 0.322 e. The molecular formula is C12H18N2O2. The summed E-state index contributed by atoms with van der Waals surface area (Å²) in [7, 11) is 3.66. The average Bonchev–Trinajstić information content (AvgIpc) is 2.17. The zero-order valence-corrected chi connectivity index (χ0v) is 9.84. The van der Waals surface area contributed by atoms with Gasteiger partial charge >= 0.3 is 5.97 Å². The van der Waals surface area contributed by atoms with E-state index < -0.39 is 12.0 Å². The Hall–Kier alpha value is -1.39. The number of hydrogen-bond donors (Lipinski definition) is 2. The maximum atomic E-state index is 11.0. The fourth-order valence-corrected chi connectivity index (χ4v) is 1.82. The molecule has 1 aromatic carbocycles. The lowest BCUT2D eigenvalue weighted by atomic mass is 9.97. The molecule has 1 aromatic rings. The highest BCUT2D eigenvalue weighted by atomic mass is 16.4. The Kier molecular flexibility index (Phi) is 4.04. The predicted molar refractivity (Wildman–Crippen MR) is 63.2 cm³/mol. The summed E-state index contributed by atoms with van der Waals surface area (Å²) in [5.74, 6) is -0.986. The normalized spacial score (nSPS) is 14.8. The van der Waals surface area contributed by atoms with Gasteiger partial charge in [0.05, 0.1) is 6.04 Å². The van der Waals surface area contributed by atoms with Crippen molar-refractivity contribution in [2.75, 3.05) is 14.1 Å². The van der Waals surface area contributed by atoms with Crippen molar-refractivity contribution in [3.8, 4) is 0 Å². The van der Waals surface area contributed by atoms with Gasteiger partial charge in [0, 0.05) is 0 Å². The molecule has 0 aliphatic carbocycles. The molecule has 0 heterocycles. The molecule has 0 aliphatic rings. The van der Waals surface area contributed by atoms with Crippen LogP contribution >= 0.6 is 0 Å². The van der Waals surface area contributed by atoms with Crippen LogP contribution in [0, 0.1) is 6.92 Å². The molecule has 0 bridgehead atoms. The van der Waals surface area contributed by atoms with Crippen LogP contribution in [-0.2, 0) is 4.79 Å². The second kappa shape index (κ2) is 5.09. The van der Waals surface area contributed by atoms with Gasteiger partial charge in [-0.15, -0.1) is 0 Å². The van der Waals surface area contributed by atoms with E-state index in [2.05, 4.69) is 0 Å². The number of carboxylic acids is 1. The topological polar surface area (TPSA) is 66.6 Å². The summed E-state index contributed by atoms with van der Waals surface area (Å²) in [6.45, 7) is 1.97. The largest absolute Gasteiger partial charge is 0.480 e. The summed E-state index contributed by atoms with van der Waals surface area (Å²) in [5.41, 5.74) is 7.73. The van der Waals surface area contributed by atoms with Gasteiger partial charge < -0.3 is 15.7 Å². The molecule has 0 aliphatic heterocycles. The molecule has 2 unspecified atom stereocenters. The number of aliphatic carboxylic acids is 1. The molecule has 88 valence electrons. The molecule has 3 N–H and O–H groups in total. The van der Waals surface area contributed by atoms with Crippen molar-refractivity contribution in [1.29, 1.82) is 0 Å². The van der Waals surface area contributed by atoms with Crippen molar-refractivity contribution in [2.45, 2.75) is 19.0 Å². The molecule has 0 radical (unpaired) electrons. The lowest BCUT2D eigenvalue weighted by molar-refractivity contribution is -0.140. The third kappa shape index (κ3) is 2.81. The van der Waals surface area contributed by atoms with Crippen LogP contribution in [0.25, 0.3) is 0 Å². The van der Waals surface area contributed by atoms with E-state index in [1.165, 1.54) is 0 Å². The van der Waals surface area contributed by atoms with E-state index in [9.17, 15) is 4.79 Å². The average molecular weight is 222 g/mol. The van der Waals surface area contributed by atoms with Crippen LogP contribution in [0.1, 0.15) is 17.2 Å². The Morgan fingerprint density at radius 3 is 2.50 bits per heavy atom. The maximum Gasteiger partial charge on any atom is 0.322 e. The molecule has 4 nitrogen and oxygen atoms in total. The van der Waals surface area contributed by atoms with Gasteiger partial charge in [-0.05, 0) is 26.6 Å². The Balaban J connectivity index is 3.07. The van der Waals surface area contributed by atoms with E-state index in [0.29, 0.717) is 0 Å². The number of nitrogens with zero attached hydrogens (tertiary/aromatic N) is 1. The van der Waals surface area contributed by atoms with Crippen molar-refractivity contribution in [2.24, 2.45) is 5.73 Å². The predicted octanol–water partition coefficient (Wildman–Crippen LogP) is 1.01. The van der Waals surface area contributed by atoms with Gasteiger partial charge in [-0.2, -0.15) is 0 Å². The van der Waals surface area contributed by atoms with Gasteiger partial charge in [-0.3, -0.25) is 4.79 Å². The van der Waals surface area contributed by atoms with Gasteiger partial charge in [-0.25, -0.2) is 0 Å². The molecule has 0 amide bonds. The van der Waals surface area contributed by atoms with Gasteiger partial charge in [0.15, 0.2) is 0 Å². The molecule has 0 fully saturated rings. The van der Waals surface area contributed by atoms with E-state index in [4.69, 9.17) is 10.8 Å². The summed E-state index contributed by atoms with van der Waals surface area (Å²) in [5, 5.41) is 8.98. The van der Waals surface area contributed by atoms with Crippen LogP contribution in [0.15, 0.2) is 24.3 Å². The Bertz CT molecular complexity index is 377. The molecule has 0 saturated carbocycles. The number of carboxylic acid groups (broad SMARTS) is 1. The lowest BCUT2D eigenvalue weighted by Gasteiger charge is -2.28. The zero-order valence-electron chi connectivity index (χ0n) is 9.84. The monoisotopic (exact) mass is 222 g/mol. The molecular weight excluding hydrogens is 204 g/mol. The number of rotatable bonds is 4. The SMILES string of the molecule is Cc1cccc(C(C(N)C(=O)O)N(C)C)c1. The molecule has 0 saturated heterocycles. The van der Waals surface area contributed by atoms with E-state index in [1.807, 2.05) is 50.2 Å². The van der Waals surface area contributed by atoms with Gasteiger partial charge in [0.25, 0.3) is 0 Å². The summed E-state index contributed by atoms with van der Waals surface area (Å²) in [4.78, 5) is 12.8. The minimum atomic E-state index is -0.986. The van der Waals surface area contributed by atoms with Crippen molar-refractivity contribution < 1.29 is 9.90 Å². The van der Waals surface area contributed by atoms with E-state index in [1.54, 1.807) is 0 Å². The van der Waals surface area contributed by atoms with Gasteiger partial charge in [0.1, 0.15) is 6.04 Å². The van der Waals surface area contributed by atoms with E-state index in [0.717, 1.165) is 11.1 Å². The highest BCUT2D eigenvalue weighted by Gasteiger charge is 2.27. The number of nitrogens with two attached hydrogens (primary N) is 1. The van der Waals surface area contributed by atoms with Crippen LogP contribution in [-0.4, -0.2) is 36.1 Å². The van der Waals surface area contributed by atoms with Gasteiger partial charge in [-0.1, -0.05) is 29.8 Å². The quantitative estimate of drug-likeness (QED) is 0.798. The third-order valence-corrected chi connectivity index (χ3v) is 2.57. The van der Waals surface area contributed by atoms with Crippen LogP contribution in [0.3, 0.4) is 0 Å². The number of carbonyl (C=O) groups is 1. The van der Waals surface area contributed by atoms with Crippen LogP contribution in [0.5, 0.6) is 0 Å². The highest BCUT2D eigenvalue weighted by Crippen LogP contribution is 2.22. The Labute approximate surface area is 95.7 Å². The Morgan fingerprint density at radius 2 is 2.06 bits per heavy atom. The lowest BCUT2D eigenvalue weighted by Crippen LogP contribution is -2.43. The van der Waals surface area contributed by atoms with Gasteiger partial charge in [0.2, 0.25) is 0 Å². The molecule has 0 aromatic heterocycles. The first-order valence-electron chi connectivity index (χ1n) is 5.15. The summed E-state index contributed by atoms with van der Waals surface area (Å²) in [6, 6.07) is 6.53. The fourth-order valence-electron chi connectivity index (χ4n) is 1.82. The molecule has 1 rings (SSSR count). The first kappa shape index (κ1) is 12.7. The molecule has 16 heavy (non-hydrogen) atoms. The first-order chi connectivity index (χ1) is 7.43. The number of benzene rings is 1. The summed E-state index contributed by atoms with van der Waals surface area (Å²) >= 11 is 0.